The fourth-order valence-corrected chi connectivity index (χ4v) is 6.03. The zero-order chi connectivity index (χ0) is 20.1. The number of hydrogen-bond donors (Lipinski definition) is 1. The Morgan fingerprint density at radius 3 is 2.61 bits per heavy atom. The van der Waals surface area contributed by atoms with Crippen molar-refractivity contribution in [2.24, 2.45) is 5.92 Å². The summed E-state index contributed by atoms with van der Waals surface area (Å²) in [5, 5.41) is 3.53. The van der Waals surface area contributed by atoms with Crippen LogP contribution >= 0.6 is 11.6 Å². The Kier molecular flexibility index (Phi) is 7.36. The molecule has 1 aliphatic carbocycles. The van der Waals surface area contributed by atoms with Crippen LogP contribution in [-0.2, 0) is 21.5 Å². The topological polar surface area (TPSA) is 69.7 Å². The Hall–Kier alpha value is -1.15. The van der Waals surface area contributed by atoms with E-state index in [1.165, 1.54) is 15.0 Å². The largest absolute Gasteiger partial charge is 0.352 e. The minimum Gasteiger partial charge on any atom is -0.352 e. The normalized spacial score (nSPS) is 22.3. The second-order valence-electron chi connectivity index (χ2n) is 7.82. The van der Waals surface area contributed by atoms with Crippen LogP contribution in [-0.4, -0.2) is 49.1 Å². The molecule has 0 bridgehead atoms. The Morgan fingerprint density at radius 1 is 1.18 bits per heavy atom. The average molecular weight is 428 g/mol. The smallest absolute Gasteiger partial charge is 0.281 e. The van der Waals surface area contributed by atoms with E-state index in [9.17, 15) is 13.2 Å². The third kappa shape index (κ3) is 5.06. The number of amides is 1. The molecule has 156 valence electrons. The van der Waals surface area contributed by atoms with Gasteiger partial charge in [-0.15, -0.1) is 0 Å². The van der Waals surface area contributed by atoms with Gasteiger partial charge in [0.2, 0.25) is 5.91 Å². The first-order valence-electron chi connectivity index (χ1n) is 10.1. The van der Waals surface area contributed by atoms with Crippen LogP contribution in [0.15, 0.2) is 24.3 Å². The molecular weight excluding hydrogens is 398 g/mol. The van der Waals surface area contributed by atoms with Crippen molar-refractivity contribution in [3.05, 3.63) is 34.9 Å². The molecule has 1 N–H and O–H groups in total. The van der Waals surface area contributed by atoms with Gasteiger partial charge >= 0.3 is 0 Å². The number of halogens is 1. The number of benzene rings is 1. The van der Waals surface area contributed by atoms with E-state index in [1.54, 1.807) is 13.1 Å². The third-order valence-electron chi connectivity index (χ3n) is 5.94. The molecule has 1 aromatic carbocycles. The molecule has 1 unspecified atom stereocenters. The van der Waals surface area contributed by atoms with Gasteiger partial charge in [0.15, 0.2) is 0 Å². The van der Waals surface area contributed by atoms with Crippen LogP contribution in [0.4, 0.5) is 0 Å². The molecule has 2 aliphatic rings. The maximum Gasteiger partial charge on any atom is 0.281 e. The standard InChI is InChI=1S/C20H30ClN3O3S/c1-23(18-10-3-2-4-11-18)28(26,27)24-13-7-9-17(15-24)20(25)22-14-16-8-5-6-12-19(16)21/h5-6,8,12,17-18H,2-4,7,9-11,13-15H2,1H3,(H,22,25). The highest BCUT2D eigenvalue weighted by molar-refractivity contribution is 7.86. The van der Waals surface area contributed by atoms with Crippen LogP contribution in [0, 0.1) is 5.92 Å². The monoisotopic (exact) mass is 427 g/mol. The van der Waals surface area contributed by atoms with Crippen molar-refractivity contribution in [2.75, 3.05) is 20.1 Å². The lowest BCUT2D eigenvalue weighted by atomic mass is 9.96. The second-order valence-corrected chi connectivity index (χ2v) is 10.2. The summed E-state index contributed by atoms with van der Waals surface area (Å²) in [7, 11) is -1.85. The second kappa shape index (κ2) is 9.57. The molecule has 0 aromatic heterocycles. The predicted octanol–water partition coefficient (Wildman–Crippen LogP) is 3.18. The molecule has 2 fully saturated rings. The van der Waals surface area contributed by atoms with Gasteiger partial charge in [0.25, 0.3) is 10.2 Å². The molecular formula is C20H30ClN3O3S. The lowest BCUT2D eigenvalue weighted by Gasteiger charge is -2.37. The van der Waals surface area contributed by atoms with Gasteiger partial charge < -0.3 is 5.32 Å². The molecule has 28 heavy (non-hydrogen) atoms. The fourth-order valence-electron chi connectivity index (χ4n) is 4.15. The number of carbonyl (C=O) groups is 1. The van der Waals surface area contributed by atoms with Gasteiger partial charge in [-0.05, 0) is 37.3 Å². The number of piperidine rings is 1. The fraction of sp³-hybridized carbons (Fsp3) is 0.650. The van der Waals surface area contributed by atoms with E-state index in [4.69, 9.17) is 11.6 Å². The Balaban J connectivity index is 1.59. The first kappa shape index (κ1) is 21.6. The van der Waals surface area contributed by atoms with Crippen molar-refractivity contribution in [3.8, 4) is 0 Å². The molecule has 3 rings (SSSR count). The Labute approximate surface area is 173 Å². The van der Waals surface area contributed by atoms with Crippen LogP contribution in [0.2, 0.25) is 5.02 Å². The van der Waals surface area contributed by atoms with Crippen molar-refractivity contribution >= 4 is 27.7 Å². The van der Waals surface area contributed by atoms with Crippen molar-refractivity contribution in [1.82, 2.24) is 13.9 Å². The molecule has 0 radical (unpaired) electrons. The molecule has 1 saturated carbocycles. The number of rotatable bonds is 6. The molecule has 1 aromatic rings. The molecule has 1 saturated heterocycles. The Bertz CT molecular complexity index is 781. The highest BCUT2D eigenvalue weighted by Crippen LogP contribution is 2.27. The van der Waals surface area contributed by atoms with E-state index in [2.05, 4.69) is 5.32 Å². The van der Waals surface area contributed by atoms with E-state index < -0.39 is 10.2 Å². The SMILES string of the molecule is CN(C1CCCCC1)S(=O)(=O)N1CCCC(C(=O)NCc2ccccc2Cl)C1. The van der Waals surface area contributed by atoms with E-state index >= 15 is 0 Å². The summed E-state index contributed by atoms with van der Waals surface area (Å²) in [6.45, 7) is 1.07. The van der Waals surface area contributed by atoms with Crippen LogP contribution in [0.3, 0.4) is 0 Å². The summed E-state index contributed by atoms with van der Waals surface area (Å²) < 4.78 is 29.2. The number of nitrogens with one attached hydrogen (secondary N) is 1. The van der Waals surface area contributed by atoms with Gasteiger partial charge in [0.1, 0.15) is 0 Å². The summed E-state index contributed by atoms with van der Waals surface area (Å²) in [5.74, 6) is -0.439. The zero-order valence-electron chi connectivity index (χ0n) is 16.4. The summed E-state index contributed by atoms with van der Waals surface area (Å²) in [5.41, 5.74) is 0.856. The van der Waals surface area contributed by atoms with Gasteiger partial charge in [-0.2, -0.15) is 17.0 Å². The maximum absolute atomic E-state index is 13.1. The van der Waals surface area contributed by atoms with Gasteiger partial charge in [-0.3, -0.25) is 4.79 Å². The van der Waals surface area contributed by atoms with Gasteiger partial charge in [-0.25, -0.2) is 0 Å². The minimum absolute atomic E-state index is 0.0770. The average Bonchev–Trinajstić information content (AvgIpc) is 2.73. The van der Waals surface area contributed by atoms with Crippen LogP contribution in [0.5, 0.6) is 0 Å². The van der Waals surface area contributed by atoms with Crippen molar-refractivity contribution < 1.29 is 13.2 Å². The number of carbonyl (C=O) groups excluding carboxylic acids is 1. The van der Waals surface area contributed by atoms with Crippen LogP contribution in [0.25, 0.3) is 0 Å². The van der Waals surface area contributed by atoms with E-state index in [-0.39, 0.29) is 24.4 Å². The minimum atomic E-state index is -3.54. The first-order chi connectivity index (χ1) is 13.4. The quantitative estimate of drug-likeness (QED) is 0.757. The van der Waals surface area contributed by atoms with Crippen molar-refractivity contribution in [1.29, 1.82) is 0 Å². The Morgan fingerprint density at radius 2 is 1.89 bits per heavy atom. The third-order valence-corrected chi connectivity index (χ3v) is 8.32. The highest BCUT2D eigenvalue weighted by atomic mass is 35.5. The van der Waals surface area contributed by atoms with Crippen molar-refractivity contribution in [3.63, 3.8) is 0 Å². The van der Waals surface area contributed by atoms with E-state index in [0.29, 0.717) is 31.0 Å². The molecule has 1 heterocycles. The van der Waals surface area contributed by atoms with Gasteiger partial charge in [-0.1, -0.05) is 49.1 Å². The highest BCUT2D eigenvalue weighted by Gasteiger charge is 2.37. The predicted molar refractivity (Wildman–Crippen MR) is 111 cm³/mol. The number of nitrogens with zero attached hydrogens (tertiary/aromatic N) is 2. The van der Waals surface area contributed by atoms with Crippen LogP contribution in [0.1, 0.15) is 50.5 Å². The molecule has 1 amide bonds. The van der Waals surface area contributed by atoms with Gasteiger partial charge in [0, 0.05) is 37.7 Å². The molecule has 8 heteroatoms. The van der Waals surface area contributed by atoms with E-state index in [1.807, 2.05) is 18.2 Å². The molecule has 1 atom stereocenters. The molecule has 1 aliphatic heterocycles. The summed E-state index contributed by atoms with van der Waals surface area (Å²) in [6, 6.07) is 7.47. The molecule has 0 spiro atoms. The summed E-state index contributed by atoms with van der Waals surface area (Å²) in [4.78, 5) is 12.6. The lowest BCUT2D eigenvalue weighted by Crippen LogP contribution is -2.52. The van der Waals surface area contributed by atoms with Crippen molar-refractivity contribution in [2.45, 2.75) is 57.5 Å². The zero-order valence-corrected chi connectivity index (χ0v) is 18.0. The van der Waals surface area contributed by atoms with E-state index in [0.717, 1.165) is 31.2 Å². The lowest BCUT2D eigenvalue weighted by molar-refractivity contribution is -0.126. The molecule has 6 nitrogen and oxygen atoms in total. The maximum atomic E-state index is 13.1. The first-order valence-corrected chi connectivity index (χ1v) is 11.9. The van der Waals surface area contributed by atoms with Crippen LogP contribution < -0.4 is 5.32 Å². The van der Waals surface area contributed by atoms with Gasteiger partial charge in [0.05, 0.1) is 5.92 Å². The summed E-state index contributed by atoms with van der Waals surface area (Å²) in [6.07, 6.45) is 6.59. The number of hydrogen-bond acceptors (Lipinski definition) is 3. The summed E-state index contributed by atoms with van der Waals surface area (Å²) >= 11 is 6.14.